The fourth-order valence-electron chi connectivity index (χ4n) is 3.58. The zero-order chi connectivity index (χ0) is 19.1. The van der Waals surface area contributed by atoms with Crippen LogP contribution in [0.4, 0.5) is 0 Å². The molecule has 2 unspecified atom stereocenters. The molecule has 1 aliphatic heterocycles. The highest BCUT2D eigenvalue weighted by molar-refractivity contribution is 5.94. The van der Waals surface area contributed by atoms with E-state index in [9.17, 15) is 15.0 Å². The van der Waals surface area contributed by atoms with E-state index in [4.69, 9.17) is 0 Å². The molecule has 2 aromatic rings. The monoisotopic (exact) mass is 368 g/mol. The van der Waals surface area contributed by atoms with Crippen molar-refractivity contribution in [3.63, 3.8) is 0 Å². The van der Waals surface area contributed by atoms with Gasteiger partial charge in [-0.1, -0.05) is 30.3 Å². The number of aliphatic hydroxyl groups excluding tert-OH is 1. The minimum Gasteiger partial charge on any atom is -0.508 e. The number of β-amino-alcohol motifs (C(OH)–C–C–N with tert-alkyl or cyclic N) is 1. The number of piperidine rings is 1. The summed E-state index contributed by atoms with van der Waals surface area (Å²) >= 11 is 0. The van der Waals surface area contributed by atoms with Gasteiger partial charge in [0, 0.05) is 24.6 Å². The Kier molecular flexibility index (Phi) is 6.85. The molecule has 0 radical (unpaired) electrons. The number of phenols is 1. The van der Waals surface area contributed by atoms with E-state index in [0.717, 1.165) is 32.4 Å². The van der Waals surface area contributed by atoms with E-state index in [1.54, 1.807) is 12.1 Å². The summed E-state index contributed by atoms with van der Waals surface area (Å²) in [6.07, 6.45) is 2.59. The van der Waals surface area contributed by atoms with Gasteiger partial charge in [0.2, 0.25) is 0 Å². The fourth-order valence-corrected chi connectivity index (χ4v) is 3.58. The lowest BCUT2D eigenvalue weighted by molar-refractivity contribution is 0.0218. The van der Waals surface area contributed by atoms with E-state index in [-0.39, 0.29) is 17.6 Å². The van der Waals surface area contributed by atoms with Crippen molar-refractivity contribution in [3.05, 3.63) is 65.7 Å². The van der Waals surface area contributed by atoms with Gasteiger partial charge in [0.25, 0.3) is 5.91 Å². The molecule has 1 aliphatic rings. The van der Waals surface area contributed by atoms with E-state index in [1.807, 2.05) is 6.07 Å². The minimum atomic E-state index is -0.421. The number of hydrogen-bond acceptors (Lipinski definition) is 4. The molecule has 3 rings (SSSR count). The number of hydrogen-bond donors (Lipinski definition) is 3. The Bertz CT molecular complexity index is 718. The summed E-state index contributed by atoms with van der Waals surface area (Å²) in [6, 6.07) is 16.6. The largest absolute Gasteiger partial charge is 0.508 e. The molecular formula is C22H28N2O3. The molecule has 3 N–H and O–H groups in total. The van der Waals surface area contributed by atoms with Gasteiger partial charge in [0.15, 0.2) is 0 Å². The van der Waals surface area contributed by atoms with Gasteiger partial charge in [0.05, 0.1) is 6.10 Å². The van der Waals surface area contributed by atoms with Crippen LogP contribution in [0.15, 0.2) is 54.6 Å². The van der Waals surface area contributed by atoms with Crippen molar-refractivity contribution in [1.82, 2.24) is 10.2 Å². The summed E-state index contributed by atoms with van der Waals surface area (Å²) in [7, 11) is 0. The topological polar surface area (TPSA) is 72.8 Å². The van der Waals surface area contributed by atoms with E-state index in [2.05, 4.69) is 34.5 Å². The Hall–Kier alpha value is -2.37. The standard InChI is InChI=1S/C22H28N2O3/c25-20-10-8-18(9-11-20)22(27)23-15-19-12-14-24(16-21(19)26)13-4-7-17-5-2-1-3-6-17/h1-3,5-6,8-11,19,21,25-26H,4,7,12-16H2,(H,23,27). The molecule has 27 heavy (non-hydrogen) atoms. The molecule has 1 heterocycles. The van der Waals surface area contributed by atoms with Gasteiger partial charge in [-0.25, -0.2) is 0 Å². The highest BCUT2D eigenvalue weighted by Crippen LogP contribution is 2.18. The first-order chi connectivity index (χ1) is 13.1. The van der Waals surface area contributed by atoms with Crippen LogP contribution in [0.5, 0.6) is 5.75 Å². The second-order valence-corrected chi connectivity index (χ2v) is 7.26. The van der Waals surface area contributed by atoms with Gasteiger partial charge in [0.1, 0.15) is 5.75 Å². The molecular weight excluding hydrogens is 340 g/mol. The number of likely N-dealkylation sites (tertiary alicyclic amines) is 1. The fraction of sp³-hybridized carbons (Fsp3) is 0.409. The first-order valence-electron chi connectivity index (χ1n) is 9.63. The SMILES string of the molecule is O=C(NCC1CCN(CCCc2ccccc2)CC1O)c1ccc(O)cc1. The quantitative estimate of drug-likeness (QED) is 0.702. The molecule has 5 nitrogen and oxygen atoms in total. The number of benzene rings is 2. The predicted molar refractivity (Wildman–Crippen MR) is 106 cm³/mol. The number of carbonyl (C=O) groups excluding carboxylic acids is 1. The first-order valence-corrected chi connectivity index (χ1v) is 9.63. The van der Waals surface area contributed by atoms with Gasteiger partial charge >= 0.3 is 0 Å². The van der Waals surface area contributed by atoms with Crippen LogP contribution in [0.25, 0.3) is 0 Å². The Balaban J connectivity index is 1.38. The number of aryl methyl sites for hydroxylation is 1. The summed E-state index contributed by atoms with van der Waals surface area (Å²) in [5, 5.41) is 22.6. The number of carbonyl (C=O) groups is 1. The van der Waals surface area contributed by atoms with Crippen LogP contribution in [0.2, 0.25) is 0 Å². The summed E-state index contributed by atoms with van der Waals surface area (Å²) < 4.78 is 0. The van der Waals surface area contributed by atoms with Crippen molar-refractivity contribution in [2.45, 2.75) is 25.4 Å². The van der Waals surface area contributed by atoms with Crippen molar-refractivity contribution >= 4 is 5.91 Å². The second kappa shape index (κ2) is 9.53. The van der Waals surface area contributed by atoms with Gasteiger partial charge in [-0.05, 0) is 62.2 Å². The molecule has 1 saturated heterocycles. The van der Waals surface area contributed by atoms with Gasteiger partial charge in [-0.15, -0.1) is 0 Å². The zero-order valence-corrected chi connectivity index (χ0v) is 15.6. The number of nitrogens with zero attached hydrogens (tertiary/aromatic N) is 1. The lowest BCUT2D eigenvalue weighted by atomic mass is 9.93. The Morgan fingerprint density at radius 2 is 1.85 bits per heavy atom. The lowest BCUT2D eigenvalue weighted by Gasteiger charge is -2.36. The van der Waals surface area contributed by atoms with E-state index >= 15 is 0 Å². The number of phenolic OH excluding ortho intramolecular Hbond substituents is 1. The van der Waals surface area contributed by atoms with Crippen LogP contribution in [0.3, 0.4) is 0 Å². The third-order valence-corrected chi connectivity index (χ3v) is 5.24. The lowest BCUT2D eigenvalue weighted by Crippen LogP contribution is -2.47. The highest BCUT2D eigenvalue weighted by Gasteiger charge is 2.27. The predicted octanol–water partition coefficient (Wildman–Crippen LogP) is 2.44. The molecule has 0 saturated carbocycles. The maximum Gasteiger partial charge on any atom is 0.251 e. The summed E-state index contributed by atoms with van der Waals surface area (Å²) in [5.41, 5.74) is 1.87. The molecule has 2 aromatic carbocycles. The molecule has 1 amide bonds. The van der Waals surface area contributed by atoms with Gasteiger partial charge < -0.3 is 20.4 Å². The van der Waals surface area contributed by atoms with E-state index in [1.165, 1.54) is 17.7 Å². The molecule has 144 valence electrons. The van der Waals surface area contributed by atoms with Crippen molar-refractivity contribution < 1.29 is 15.0 Å². The van der Waals surface area contributed by atoms with E-state index < -0.39 is 6.10 Å². The van der Waals surface area contributed by atoms with Crippen LogP contribution in [-0.2, 0) is 6.42 Å². The zero-order valence-electron chi connectivity index (χ0n) is 15.6. The third-order valence-electron chi connectivity index (χ3n) is 5.24. The molecule has 0 aliphatic carbocycles. The average molecular weight is 368 g/mol. The van der Waals surface area contributed by atoms with Crippen LogP contribution >= 0.6 is 0 Å². The average Bonchev–Trinajstić information content (AvgIpc) is 2.68. The highest BCUT2D eigenvalue weighted by atomic mass is 16.3. The maximum absolute atomic E-state index is 12.2. The van der Waals surface area contributed by atoms with Crippen molar-refractivity contribution in [2.24, 2.45) is 5.92 Å². The molecule has 0 aromatic heterocycles. The number of aromatic hydroxyl groups is 1. The number of aliphatic hydroxyl groups is 1. The molecule has 5 heteroatoms. The van der Waals surface area contributed by atoms with Crippen molar-refractivity contribution in [2.75, 3.05) is 26.2 Å². The maximum atomic E-state index is 12.2. The molecule has 1 fully saturated rings. The van der Waals surface area contributed by atoms with Crippen LogP contribution in [0.1, 0.15) is 28.8 Å². The normalized spacial score (nSPS) is 20.3. The molecule has 0 spiro atoms. The number of nitrogens with one attached hydrogen (secondary N) is 1. The minimum absolute atomic E-state index is 0.0800. The van der Waals surface area contributed by atoms with Gasteiger partial charge in [-0.2, -0.15) is 0 Å². The number of amides is 1. The smallest absolute Gasteiger partial charge is 0.251 e. The van der Waals surface area contributed by atoms with Crippen LogP contribution in [0, 0.1) is 5.92 Å². The van der Waals surface area contributed by atoms with Crippen LogP contribution < -0.4 is 5.32 Å². The van der Waals surface area contributed by atoms with Crippen molar-refractivity contribution in [1.29, 1.82) is 0 Å². The second-order valence-electron chi connectivity index (χ2n) is 7.26. The summed E-state index contributed by atoms with van der Waals surface area (Å²) in [6.45, 7) is 3.07. The summed E-state index contributed by atoms with van der Waals surface area (Å²) in [5.74, 6) is 0.0468. The number of rotatable bonds is 7. The van der Waals surface area contributed by atoms with Gasteiger partial charge in [-0.3, -0.25) is 4.79 Å². The molecule has 2 atom stereocenters. The third kappa shape index (κ3) is 5.81. The first kappa shape index (κ1) is 19.4. The summed E-state index contributed by atoms with van der Waals surface area (Å²) in [4.78, 5) is 14.5. The Morgan fingerprint density at radius 3 is 2.56 bits per heavy atom. The van der Waals surface area contributed by atoms with Crippen LogP contribution in [-0.4, -0.2) is 53.3 Å². The Labute approximate surface area is 160 Å². The Morgan fingerprint density at radius 1 is 1.11 bits per heavy atom. The van der Waals surface area contributed by atoms with E-state index in [0.29, 0.717) is 18.7 Å². The molecule has 0 bridgehead atoms. The van der Waals surface area contributed by atoms with Crippen molar-refractivity contribution in [3.8, 4) is 5.75 Å².